The minimum Gasteiger partial charge on any atom is -0.465 e. The zero-order valence-corrected chi connectivity index (χ0v) is 16.8. The van der Waals surface area contributed by atoms with Gasteiger partial charge in [-0.05, 0) is 48.3 Å². The van der Waals surface area contributed by atoms with Gasteiger partial charge >= 0.3 is 6.09 Å². The summed E-state index contributed by atoms with van der Waals surface area (Å²) < 4.78 is 0. The Kier molecular flexibility index (Phi) is 4.47. The summed E-state index contributed by atoms with van der Waals surface area (Å²) >= 11 is 0. The van der Waals surface area contributed by atoms with Gasteiger partial charge in [0.2, 0.25) is 0 Å². The highest BCUT2D eigenvalue weighted by Gasteiger charge is 2.48. The van der Waals surface area contributed by atoms with Gasteiger partial charge in [0.15, 0.2) is 0 Å². The van der Waals surface area contributed by atoms with E-state index in [9.17, 15) is 9.59 Å². The molecule has 2 saturated heterocycles. The number of piperidine rings is 1. The number of likely N-dealkylation sites (tertiary alicyclic amines) is 2. The topological polar surface area (TPSA) is 113 Å². The van der Waals surface area contributed by atoms with Crippen molar-refractivity contribution in [1.29, 1.82) is 0 Å². The summed E-state index contributed by atoms with van der Waals surface area (Å²) in [7, 11) is 0. The highest BCUT2D eigenvalue weighted by molar-refractivity contribution is 5.90. The van der Waals surface area contributed by atoms with Crippen molar-refractivity contribution in [2.45, 2.75) is 31.7 Å². The molecule has 1 aliphatic carbocycles. The molecular weight excluding hydrogens is 382 g/mol. The summed E-state index contributed by atoms with van der Waals surface area (Å²) in [5.41, 5.74) is 10.2. The second-order valence-electron chi connectivity index (χ2n) is 8.79. The van der Waals surface area contributed by atoms with E-state index in [4.69, 9.17) is 10.8 Å². The number of amides is 2. The Bertz CT molecular complexity index is 990. The number of fused-ring (bicyclic) bond motifs is 1. The summed E-state index contributed by atoms with van der Waals surface area (Å²) in [5.74, 6) is -0.577. The SMILES string of the molecule is NC(=O)c1cnc(-c2ccc3c(c2)CC[C@H]3N2CC3(CCN(C(=O)O)CC3)C2)cn1. The van der Waals surface area contributed by atoms with E-state index in [-0.39, 0.29) is 5.69 Å². The average molecular weight is 407 g/mol. The predicted octanol–water partition coefficient (Wildman–Crippen LogP) is 2.31. The van der Waals surface area contributed by atoms with Crippen molar-refractivity contribution in [2.75, 3.05) is 26.2 Å². The second-order valence-corrected chi connectivity index (χ2v) is 8.79. The quantitative estimate of drug-likeness (QED) is 0.807. The van der Waals surface area contributed by atoms with E-state index in [1.165, 1.54) is 17.3 Å². The summed E-state index contributed by atoms with van der Waals surface area (Å²) in [6.45, 7) is 3.44. The minimum absolute atomic E-state index is 0.167. The number of aromatic nitrogens is 2. The molecule has 1 atom stereocenters. The van der Waals surface area contributed by atoms with Crippen LogP contribution in [0.25, 0.3) is 11.3 Å². The molecule has 0 radical (unpaired) electrons. The molecule has 2 aromatic rings. The molecule has 1 spiro atoms. The van der Waals surface area contributed by atoms with Gasteiger partial charge in [-0.1, -0.05) is 12.1 Å². The molecule has 1 aromatic carbocycles. The molecule has 0 saturated carbocycles. The predicted molar refractivity (Wildman–Crippen MR) is 110 cm³/mol. The maximum Gasteiger partial charge on any atom is 0.407 e. The smallest absolute Gasteiger partial charge is 0.407 e. The molecule has 8 nitrogen and oxygen atoms in total. The molecule has 1 aromatic heterocycles. The van der Waals surface area contributed by atoms with Crippen LogP contribution in [0.4, 0.5) is 4.79 Å². The van der Waals surface area contributed by atoms with Gasteiger partial charge in [0.25, 0.3) is 5.91 Å². The first-order valence-electron chi connectivity index (χ1n) is 10.4. The fourth-order valence-electron chi connectivity index (χ4n) is 5.26. The number of hydrogen-bond donors (Lipinski definition) is 2. The van der Waals surface area contributed by atoms with Gasteiger partial charge in [-0.3, -0.25) is 14.7 Å². The Morgan fingerprint density at radius 3 is 2.53 bits per heavy atom. The number of rotatable bonds is 3. The van der Waals surface area contributed by atoms with Gasteiger partial charge in [-0.2, -0.15) is 0 Å². The molecular formula is C22H25N5O3. The van der Waals surface area contributed by atoms with Gasteiger partial charge in [0, 0.05) is 37.8 Å². The number of benzene rings is 1. The van der Waals surface area contributed by atoms with E-state index >= 15 is 0 Å². The maximum atomic E-state index is 11.2. The van der Waals surface area contributed by atoms with Gasteiger partial charge in [0.1, 0.15) is 5.69 Å². The first-order chi connectivity index (χ1) is 14.4. The van der Waals surface area contributed by atoms with E-state index in [1.807, 2.05) is 0 Å². The molecule has 5 rings (SSSR count). The summed E-state index contributed by atoms with van der Waals surface area (Å²) in [6.07, 6.45) is 6.30. The molecule has 0 bridgehead atoms. The number of primary amides is 1. The van der Waals surface area contributed by atoms with E-state index in [0.29, 0.717) is 24.5 Å². The zero-order chi connectivity index (χ0) is 20.9. The first kappa shape index (κ1) is 19.0. The Morgan fingerprint density at radius 2 is 1.90 bits per heavy atom. The Morgan fingerprint density at radius 1 is 1.13 bits per heavy atom. The molecule has 3 aliphatic rings. The Balaban J connectivity index is 1.26. The van der Waals surface area contributed by atoms with E-state index < -0.39 is 12.0 Å². The number of carboxylic acid groups (broad SMARTS) is 1. The van der Waals surface area contributed by atoms with Gasteiger partial charge in [-0.25, -0.2) is 9.78 Å². The third-order valence-electron chi connectivity index (χ3n) is 7.00. The van der Waals surface area contributed by atoms with Crippen LogP contribution < -0.4 is 5.73 Å². The normalized spacial score (nSPS) is 22.5. The van der Waals surface area contributed by atoms with Crippen LogP contribution in [0.3, 0.4) is 0 Å². The van der Waals surface area contributed by atoms with Crippen molar-refractivity contribution in [3.05, 3.63) is 47.4 Å². The van der Waals surface area contributed by atoms with Crippen molar-refractivity contribution in [1.82, 2.24) is 19.8 Å². The lowest BCUT2D eigenvalue weighted by Crippen LogP contribution is -2.61. The van der Waals surface area contributed by atoms with Crippen LogP contribution >= 0.6 is 0 Å². The van der Waals surface area contributed by atoms with Crippen molar-refractivity contribution in [3.63, 3.8) is 0 Å². The lowest BCUT2D eigenvalue weighted by atomic mass is 9.71. The van der Waals surface area contributed by atoms with Crippen molar-refractivity contribution < 1.29 is 14.7 Å². The fraction of sp³-hybridized carbons (Fsp3) is 0.455. The monoisotopic (exact) mass is 407 g/mol. The van der Waals surface area contributed by atoms with Gasteiger partial charge in [0.05, 0.1) is 18.1 Å². The zero-order valence-electron chi connectivity index (χ0n) is 16.8. The van der Waals surface area contributed by atoms with Crippen molar-refractivity contribution in [3.8, 4) is 11.3 Å². The first-order valence-corrected chi connectivity index (χ1v) is 10.4. The Labute approximate surface area is 174 Å². The molecule has 30 heavy (non-hydrogen) atoms. The molecule has 3 N–H and O–H groups in total. The van der Waals surface area contributed by atoms with Crippen LogP contribution in [0.5, 0.6) is 0 Å². The van der Waals surface area contributed by atoms with Crippen LogP contribution in [-0.2, 0) is 6.42 Å². The number of hydrogen-bond acceptors (Lipinski definition) is 5. The summed E-state index contributed by atoms with van der Waals surface area (Å²) in [6, 6.07) is 6.90. The maximum absolute atomic E-state index is 11.2. The third kappa shape index (κ3) is 3.21. The number of carbonyl (C=O) groups is 2. The van der Waals surface area contributed by atoms with Crippen LogP contribution in [0.1, 0.15) is 46.9 Å². The molecule has 156 valence electrons. The number of carbonyl (C=O) groups excluding carboxylic acids is 1. The van der Waals surface area contributed by atoms with Crippen molar-refractivity contribution in [2.24, 2.45) is 11.1 Å². The summed E-state index contributed by atoms with van der Waals surface area (Å²) in [4.78, 5) is 34.9. The number of nitrogens with zero attached hydrogens (tertiary/aromatic N) is 4. The van der Waals surface area contributed by atoms with Crippen molar-refractivity contribution >= 4 is 12.0 Å². The van der Waals surface area contributed by atoms with E-state index in [1.54, 1.807) is 11.1 Å². The average Bonchev–Trinajstić information content (AvgIpc) is 3.15. The van der Waals surface area contributed by atoms with Crippen LogP contribution in [-0.4, -0.2) is 63.1 Å². The number of nitrogens with two attached hydrogens (primary N) is 1. The van der Waals surface area contributed by atoms with Crippen LogP contribution in [0, 0.1) is 5.41 Å². The number of aryl methyl sites for hydroxylation is 1. The van der Waals surface area contributed by atoms with Crippen LogP contribution in [0.2, 0.25) is 0 Å². The largest absolute Gasteiger partial charge is 0.465 e. The molecule has 0 unspecified atom stereocenters. The van der Waals surface area contributed by atoms with E-state index in [0.717, 1.165) is 50.0 Å². The highest BCUT2D eigenvalue weighted by atomic mass is 16.4. The highest BCUT2D eigenvalue weighted by Crippen LogP contribution is 2.48. The van der Waals surface area contributed by atoms with E-state index in [2.05, 4.69) is 33.1 Å². The second kappa shape index (κ2) is 7.05. The molecule has 8 heteroatoms. The standard InChI is InChI=1S/C22H25N5O3/c23-20(28)18-11-24-17(10-25-18)15-1-3-16-14(9-15)2-4-19(16)27-12-22(13-27)5-7-26(8-6-22)21(29)30/h1,3,9-11,19H,2,4-8,12-13H2,(H2,23,28)(H,29,30)/t19-/m1/s1. The summed E-state index contributed by atoms with van der Waals surface area (Å²) in [5, 5.41) is 9.16. The Hall–Kier alpha value is -3.00. The molecule has 2 aliphatic heterocycles. The molecule has 2 amide bonds. The lowest BCUT2D eigenvalue weighted by Gasteiger charge is -2.56. The molecule has 2 fully saturated rings. The molecule has 3 heterocycles. The third-order valence-corrected chi connectivity index (χ3v) is 7.00. The lowest BCUT2D eigenvalue weighted by molar-refractivity contribution is -0.0664. The van der Waals surface area contributed by atoms with Crippen LogP contribution in [0.15, 0.2) is 30.6 Å². The fourth-order valence-corrected chi connectivity index (χ4v) is 5.26. The van der Waals surface area contributed by atoms with Gasteiger partial charge < -0.3 is 15.7 Å². The van der Waals surface area contributed by atoms with Gasteiger partial charge in [-0.15, -0.1) is 0 Å². The minimum atomic E-state index is -0.796.